The van der Waals surface area contributed by atoms with Crippen molar-refractivity contribution in [2.45, 2.75) is 32.6 Å². The maximum Gasteiger partial charge on any atom is 0.307 e. The molecule has 0 saturated heterocycles. The lowest BCUT2D eigenvalue weighted by molar-refractivity contribution is -0.140. The van der Waals surface area contributed by atoms with Gasteiger partial charge in [-0.05, 0) is 37.5 Å². The molecule has 1 amide bonds. The molecule has 1 aromatic carbocycles. The number of Topliss-reactive ketones (excluding diaryl/α,β-unsaturated/α-hetero) is 1. The number of carbonyl (C=O) groups is 3. The van der Waals surface area contributed by atoms with E-state index in [1.807, 2.05) is 12.1 Å². The first kappa shape index (κ1) is 17.9. The summed E-state index contributed by atoms with van der Waals surface area (Å²) in [6, 6.07) is 7.36. The smallest absolute Gasteiger partial charge is 0.307 e. The Balaban J connectivity index is 2.52. The second-order valence-corrected chi connectivity index (χ2v) is 5.31. The van der Waals surface area contributed by atoms with E-state index in [0.717, 1.165) is 18.4 Å². The number of ketones is 1. The number of nitrogens with zero attached hydrogens (tertiary/aromatic N) is 1. The Labute approximate surface area is 131 Å². The van der Waals surface area contributed by atoms with E-state index < -0.39 is 0 Å². The minimum atomic E-state index is -0.333. The van der Waals surface area contributed by atoms with Gasteiger partial charge in [0, 0.05) is 25.6 Å². The van der Waals surface area contributed by atoms with Gasteiger partial charge in [0.25, 0.3) is 5.91 Å². The molecule has 0 aromatic heterocycles. The topological polar surface area (TPSA) is 63.7 Å². The second-order valence-electron chi connectivity index (χ2n) is 5.31. The first-order chi connectivity index (χ1) is 10.4. The van der Waals surface area contributed by atoms with E-state index in [0.29, 0.717) is 18.5 Å². The highest BCUT2D eigenvalue weighted by atomic mass is 16.5. The van der Waals surface area contributed by atoms with Crippen LogP contribution in [0.2, 0.25) is 0 Å². The number of esters is 1. The Morgan fingerprint density at radius 3 is 2.27 bits per heavy atom. The van der Waals surface area contributed by atoms with Gasteiger partial charge in [-0.15, -0.1) is 0 Å². The predicted octanol–water partition coefficient (Wildman–Crippen LogP) is 2.23. The number of methoxy groups -OCH3 is 1. The van der Waals surface area contributed by atoms with Crippen molar-refractivity contribution >= 4 is 17.7 Å². The normalized spacial score (nSPS) is 10.1. The van der Waals surface area contributed by atoms with Gasteiger partial charge < -0.3 is 14.4 Å². The average Bonchev–Trinajstić information content (AvgIpc) is 2.51. The zero-order chi connectivity index (χ0) is 16.5. The third-order valence-corrected chi connectivity index (χ3v) is 3.42. The van der Waals surface area contributed by atoms with Gasteiger partial charge in [-0.3, -0.25) is 9.59 Å². The number of rotatable bonds is 8. The molecule has 5 nitrogen and oxygen atoms in total. The van der Waals surface area contributed by atoms with Crippen LogP contribution < -0.4 is 0 Å². The third kappa shape index (κ3) is 6.08. The summed E-state index contributed by atoms with van der Waals surface area (Å²) >= 11 is 0. The van der Waals surface area contributed by atoms with Crippen molar-refractivity contribution in [1.82, 2.24) is 4.90 Å². The van der Waals surface area contributed by atoms with E-state index in [1.165, 1.54) is 12.0 Å². The minimum absolute atomic E-state index is 0.126. The molecular weight excluding hydrogens is 282 g/mol. The lowest BCUT2D eigenvalue weighted by atomic mass is 10.0. The first-order valence-electron chi connectivity index (χ1n) is 7.34. The van der Waals surface area contributed by atoms with Crippen molar-refractivity contribution in [3.8, 4) is 0 Å². The molecule has 0 bridgehead atoms. The number of hydrogen-bond acceptors (Lipinski definition) is 4. The van der Waals surface area contributed by atoms with Crippen LogP contribution >= 0.6 is 0 Å². The van der Waals surface area contributed by atoms with E-state index in [1.54, 1.807) is 26.1 Å². The van der Waals surface area contributed by atoms with Crippen LogP contribution in [0, 0.1) is 0 Å². The van der Waals surface area contributed by atoms with Crippen molar-refractivity contribution in [2.24, 2.45) is 0 Å². The van der Waals surface area contributed by atoms with Gasteiger partial charge in [0.15, 0.2) is 0 Å². The van der Waals surface area contributed by atoms with E-state index >= 15 is 0 Å². The van der Waals surface area contributed by atoms with Crippen LogP contribution in [0.25, 0.3) is 0 Å². The Morgan fingerprint density at radius 1 is 1.09 bits per heavy atom. The SMILES string of the molecule is COC(=O)CCN(C)C(=O)c1ccc(CCCC(C)=O)cc1. The molecule has 0 aliphatic heterocycles. The highest BCUT2D eigenvalue weighted by Gasteiger charge is 2.13. The fraction of sp³-hybridized carbons (Fsp3) is 0.471. The number of ether oxygens (including phenoxy) is 1. The predicted molar refractivity (Wildman–Crippen MR) is 83.7 cm³/mol. The van der Waals surface area contributed by atoms with Crippen LogP contribution in [0.4, 0.5) is 0 Å². The maximum absolute atomic E-state index is 12.2. The zero-order valence-electron chi connectivity index (χ0n) is 13.4. The highest BCUT2D eigenvalue weighted by molar-refractivity contribution is 5.94. The quantitative estimate of drug-likeness (QED) is 0.691. The maximum atomic E-state index is 12.2. The van der Waals surface area contributed by atoms with Crippen LogP contribution in [0.1, 0.15) is 42.1 Å². The lowest BCUT2D eigenvalue weighted by Gasteiger charge is -2.16. The molecule has 0 aliphatic carbocycles. The molecule has 0 unspecified atom stereocenters. The standard InChI is InChI=1S/C17H23NO4/c1-13(19)5-4-6-14-7-9-15(10-8-14)17(21)18(2)12-11-16(20)22-3/h7-10H,4-6,11-12H2,1-3H3. The Morgan fingerprint density at radius 2 is 1.73 bits per heavy atom. The zero-order valence-corrected chi connectivity index (χ0v) is 13.4. The number of hydrogen-bond donors (Lipinski definition) is 0. The van der Waals surface area contributed by atoms with E-state index in [9.17, 15) is 14.4 Å². The molecule has 0 saturated carbocycles. The van der Waals surface area contributed by atoms with E-state index in [4.69, 9.17) is 0 Å². The molecule has 0 aliphatic rings. The summed E-state index contributed by atoms with van der Waals surface area (Å²) in [7, 11) is 2.99. The fourth-order valence-corrected chi connectivity index (χ4v) is 2.04. The molecule has 0 N–H and O–H groups in total. The average molecular weight is 305 g/mol. The van der Waals surface area contributed by atoms with Crippen LogP contribution in [-0.2, 0) is 20.7 Å². The molecule has 1 aromatic rings. The van der Waals surface area contributed by atoms with Gasteiger partial charge in [-0.25, -0.2) is 0 Å². The second kappa shape index (κ2) is 8.97. The van der Waals surface area contributed by atoms with Crippen molar-refractivity contribution in [3.05, 3.63) is 35.4 Å². The van der Waals surface area contributed by atoms with Gasteiger partial charge in [0.1, 0.15) is 5.78 Å². The molecule has 120 valence electrons. The van der Waals surface area contributed by atoms with Gasteiger partial charge in [0.2, 0.25) is 0 Å². The largest absolute Gasteiger partial charge is 0.469 e. The number of amides is 1. The molecule has 1 rings (SSSR count). The summed E-state index contributed by atoms with van der Waals surface area (Å²) in [6.07, 6.45) is 2.41. The lowest BCUT2D eigenvalue weighted by Crippen LogP contribution is -2.29. The number of benzene rings is 1. The van der Waals surface area contributed by atoms with Gasteiger partial charge in [-0.1, -0.05) is 12.1 Å². The molecule has 0 fully saturated rings. The molecule has 0 radical (unpaired) electrons. The summed E-state index contributed by atoms with van der Waals surface area (Å²) in [4.78, 5) is 35.7. The Kier molecular flexibility index (Phi) is 7.29. The monoisotopic (exact) mass is 305 g/mol. The first-order valence-corrected chi connectivity index (χ1v) is 7.34. The van der Waals surface area contributed by atoms with Gasteiger partial charge in [-0.2, -0.15) is 0 Å². The molecule has 22 heavy (non-hydrogen) atoms. The van der Waals surface area contributed by atoms with E-state index in [-0.39, 0.29) is 24.1 Å². The summed E-state index contributed by atoms with van der Waals surface area (Å²) in [5.74, 6) is -0.265. The molecule has 0 spiro atoms. The number of aryl methyl sites for hydroxylation is 1. The number of carbonyl (C=O) groups excluding carboxylic acids is 3. The van der Waals surface area contributed by atoms with Crippen molar-refractivity contribution in [3.63, 3.8) is 0 Å². The van der Waals surface area contributed by atoms with Crippen LogP contribution in [0.3, 0.4) is 0 Å². The fourth-order valence-electron chi connectivity index (χ4n) is 2.04. The van der Waals surface area contributed by atoms with Crippen molar-refractivity contribution in [2.75, 3.05) is 20.7 Å². The Bertz CT molecular complexity index is 522. The van der Waals surface area contributed by atoms with Gasteiger partial charge >= 0.3 is 5.97 Å². The van der Waals surface area contributed by atoms with Crippen LogP contribution in [0.5, 0.6) is 0 Å². The Hall–Kier alpha value is -2.17. The van der Waals surface area contributed by atoms with Gasteiger partial charge in [0.05, 0.1) is 13.5 Å². The summed E-state index contributed by atoms with van der Waals surface area (Å²) in [5.41, 5.74) is 1.69. The molecule has 0 heterocycles. The molecular formula is C17H23NO4. The molecule has 0 atom stereocenters. The van der Waals surface area contributed by atoms with Crippen LogP contribution in [0.15, 0.2) is 24.3 Å². The summed E-state index contributed by atoms with van der Waals surface area (Å²) in [5, 5.41) is 0. The van der Waals surface area contributed by atoms with Crippen molar-refractivity contribution in [1.29, 1.82) is 0 Å². The van der Waals surface area contributed by atoms with E-state index in [2.05, 4.69) is 4.74 Å². The highest BCUT2D eigenvalue weighted by Crippen LogP contribution is 2.10. The summed E-state index contributed by atoms with van der Waals surface area (Å²) in [6.45, 7) is 1.91. The third-order valence-electron chi connectivity index (χ3n) is 3.42. The summed E-state index contributed by atoms with van der Waals surface area (Å²) < 4.78 is 4.56. The minimum Gasteiger partial charge on any atom is -0.469 e. The molecule has 5 heteroatoms. The van der Waals surface area contributed by atoms with Crippen molar-refractivity contribution < 1.29 is 19.1 Å². The van der Waals surface area contributed by atoms with Crippen LogP contribution in [-0.4, -0.2) is 43.3 Å².